The monoisotopic (exact) mass is 245 g/mol. The fourth-order valence-electron chi connectivity index (χ4n) is 0.801. The maximum atomic E-state index is 4.16. The van der Waals surface area contributed by atoms with Crippen molar-refractivity contribution in [2.24, 2.45) is 9.98 Å². The molecule has 0 radical (unpaired) electrons. The number of nitrogens with zero attached hydrogens (tertiary/aromatic N) is 3. The van der Waals surface area contributed by atoms with E-state index in [2.05, 4.69) is 45.4 Å². The van der Waals surface area contributed by atoms with Crippen LogP contribution in [0, 0.1) is 0 Å². The molecule has 0 aromatic rings. The van der Waals surface area contributed by atoms with Gasteiger partial charge in [0.25, 0.3) is 0 Å². The summed E-state index contributed by atoms with van der Waals surface area (Å²) in [6.45, 7) is 6.28. The van der Waals surface area contributed by atoms with E-state index in [1.165, 1.54) is 0 Å². The fraction of sp³-hybridized carbons (Fsp3) is 0.667. The molecule has 0 fully saturated rings. The minimum absolute atomic E-state index is 0.173. The average molecular weight is 246 g/mol. The van der Waals surface area contributed by atoms with Gasteiger partial charge in [-0.2, -0.15) is 0 Å². The SMILES string of the molecule is C=C(Br)CN=C=NC(CC)N(C)C. The topological polar surface area (TPSA) is 28.0 Å². The van der Waals surface area contributed by atoms with Crippen molar-refractivity contribution in [3.63, 3.8) is 0 Å². The van der Waals surface area contributed by atoms with Crippen molar-refractivity contribution in [2.45, 2.75) is 19.5 Å². The van der Waals surface area contributed by atoms with E-state index in [9.17, 15) is 0 Å². The first-order valence-corrected chi connectivity index (χ1v) is 4.98. The Morgan fingerprint density at radius 2 is 2.23 bits per heavy atom. The second-order valence-electron chi connectivity index (χ2n) is 2.92. The molecule has 0 rings (SSSR count). The molecule has 74 valence electrons. The molecule has 0 aromatic heterocycles. The number of hydrogen-bond donors (Lipinski definition) is 0. The van der Waals surface area contributed by atoms with Gasteiger partial charge in [-0.05, 0) is 20.5 Å². The van der Waals surface area contributed by atoms with Crippen LogP contribution in [-0.4, -0.2) is 37.7 Å². The molecule has 0 amide bonds. The van der Waals surface area contributed by atoms with Gasteiger partial charge >= 0.3 is 0 Å². The summed E-state index contributed by atoms with van der Waals surface area (Å²) < 4.78 is 0.841. The van der Waals surface area contributed by atoms with Crippen molar-refractivity contribution in [3.8, 4) is 0 Å². The normalized spacial score (nSPS) is 12.1. The van der Waals surface area contributed by atoms with Crippen LogP contribution in [0.1, 0.15) is 13.3 Å². The molecule has 0 N–H and O–H groups in total. The Hall–Kier alpha value is -0.440. The Morgan fingerprint density at radius 3 is 2.62 bits per heavy atom. The van der Waals surface area contributed by atoms with E-state index >= 15 is 0 Å². The first kappa shape index (κ1) is 12.6. The van der Waals surface area contributed by atoms with Crippen molar-refractivity contribution >= 4 is 21.9 Å². The van der Waals surface area contributed by atoms with Gasteiger partial charge in [-0.1, -0.05) is 29.4 Å². The molecule has 0 aliphatic rings. The lowest BCUT2D eigenvalue weighted by Gasteiger charge is -2.15. The van der Waals surface area contributed by atoms with Crippen LogP contribution < -0.4 is 0 Å². The zero-order valence-corrected chi connectivity index (χ0v) is 10.0. The van der Waals surface area contributed by atoms with Crippen LogP contribution in [-0.2, 0) is 0 Å². The molecule has 0 aromatic carbocycles. The highest BCUT2D eigenvalue weighted by molar-refractivity contribution is 9.11. The van der Waals surface area contributed by atoms with Crippen LogP contribution in [0.25, 0.3) is 0 Å². The molecular formula is C9H16BrN3. The standard InChI is InChI=1S/C9H16BrN3/c1-5-9(13(3)4)12-7-11-6-8(2)10/h9H,2,5-6H2,1,3-4H3. The maximum absolute atomic E-state index is 4.16. The second-order valence-corrected chi connectivity index (χ2v) is 4.04. The van der Waals surface area contributed by atoms with Gasteiger partial charge in [-0.15, -0.1) is 0 Å². The summed E-state index contributed by atoms with van der Waals surface area (Å²) in [5.74, 6) is 0. The Morgan fingerprint density at radius 1 is 1.62 bits per heavy atom. The molecule has 3 nitrogen and oxygen atoms in total. The molecule has 4 heteroatoms. The van der Waals surface area contributed by atoms with Gasteiger partial charge in [0.05, 0.1) is 12.6 Å². The fourth-order valence-corrected chi connectivity index (χ4v) is 0.926. The van der Waals surface area contributed by atoms with Crippen LogP contribution in [0.3, 0.4) is 0 Å². The molecule has 0 aliphatic carbocycles. The van der Waals surface area contributed by atoms with E-state index in [1.54, 1.807) is 0 Å². The zero-order chi connectivity index (χ0) is 10.3. The Bertz CT molecular complexity index is 217. The first-order chi connectivity index (χ1) is 6.07. The summed E-state index contributed by atoms with van der Waals surface area (Å²) in [6.07, 6.45) is 1.14. The van der Waals surface area contributed by atoms with Crippen LogP contribution in [0.15, 0.2) is 21.0 Å². The van der Waals surface area contributed by atoms with E-state index in [0.29, 0.717) is 6.54 Å². The van der Waals surface area contributed by atoms with E-state index in [1.807, 2.05) is 19.0 Å². The smallest absolute Gasteiger partial charge is 0.112 e. The predicted molar refractivity (Wildman–Crippen MR) is 60.6 cm³/mol. The molecule has 0 aliphatic heterocycles. The molecule has 1 atom stereocenters. The average Bonchev–Trinajstić information content (AvgIpc) is 2.03. The Labute approximate surface area is 88.4 Å². The highest BCUT2D eigenvalue weighted by Gasteiger charge is 2.03. The minimum Gasteiger partial charge on any atom is -0.287 e. The van der Waals surface area contributed by atoms with Gasteiger partial charge in [-0.3, -0.25) is 4.90 Å². The highest BCUT2D eigenvalue weighted by atomic mass is 79.9. The second kappa shape index (κ2) is 7.01. The van der Waals surface area contributed by atoms with Crippen molar-refractivity contribution in [3.05, 3.63) is 11.1 Å². The lowest BCUT2D eigenvalue weighted by atomic mass is 10.4. The summed E-state index contributed by atoms with van der Waals surface area (Å²) in [5.41, 5.74) is 0. The largest absolute Gasteiger partial charge is 0.287 e. The molecule has 0 bridgehead atoms. The molecule has 0 spiro atoms. The highest BCUT2D eigenvalue weighted by Crippen LogP contribution is 2.00. The van der Waals surface area contributed by atoms with Gasteiger partial charge in [0.15, 0.2) is 0 Å². The van der Waals surface area contributed by atoms with Gasteiger partial charge in [0.2, 0.25) is 0 Å². The third kappa shape index (κ3) is 6.70. The van der Waals surface area contributed by atoms with Crippen molar-refractivity contribution in [2.75, 3.05) is 20.6 Å². The Kier molecular flexibility index (Phi) is 6.77. The molecule has 0 saturated carbocycles. The number of aliphatic imine (C=N–C) groups is 2. The third-order valence-electron chi connectivity index (χ3n) is 1.49. The quantitative estimate of drug-likeness (QED) is 0.684. The molecule has 0 heterocycles. The summed E-state index contributed by atoms with van der Waals surface area (Å²) >= 11 is 3.21. The molecule has 13 heavy (non-hydrogen) atoms. The van der Waals surface area contributed by atoms with E-state index in [0.717, 1.165) is 10.9 Å². The van der Waals surface area contributed by atoms with Crippen LogP contribution in [0.5, 0.6) is 0 Å². The number of hydrogen-bond acceptors (Lipinski definition) is 3. The van der Waals surface area contributed by atoms with Crippen LogP contribution in [0.4, 0.5) is 0 Å². The molecule has 1 unspecified atom stereocenters. The molecule has 0 saturated heterocycles. The summed E-state index contributed by atoms with van der Waals surface area (Å²) in [6, 6.07) is 2.67. The number of halogens is 1. The van der Waals surface area contributed by atoms with E-state index in [4.69, 9.17) is 0 Å². The minimum atomic E-state index is 0.173. The van der Waals surface area contributed by atoms with Crippen molar-refractivity contribution in [1.82, 2.24) is 4.90 Å². The molecular weight excluding hydrogens is 230 g/mol. The van der Waals surface area contributed by atoms with Gasteiger partial charge in [-0.25, -0.2) is 9.98 Å². The van der Waals surface area contributed by atoms with Gasteiger partial charge in [0.1, 0.15) is 6.17 Å². The lowest BCUT2D eigenvalue weighted by molar-refractivity contribution is 0.296. The first-order valence-electron chi connectivity index (χ1n) is 4.19. The summed E-state index contributed by atoms with van der Waals surface area (Å²) in [4.78, 5) is 10.1. The van der Waals surface area contributed by atoms with Crippen LogP contribution in [0.2, 0.25) is 0 Å². The zero-order valence-electron chi connectivity index (χ0n) is 8.42. The third-order valence-corrected chi connectivity index (χ3v) is 1.74. The van der Waals surface area contributed by atoms with Gasteiger partial charge < -0.3 is 0 Å². The Balaban J connectivity index is 4.06. The van der Waals surface area contributed by atoms with Gasteiger partial charge in [0, 0.05) is 4.48 Å². The lowest BCUT2D eigenvalue weighted by Crippen LogP contribution is -2.24. The predicted octanol–water partition coefficient (Wildman–Crippen LogP) is 2.37. The maximum Gasteiger partial charge on any atom is 0.112 e. The summed E-state index contributed by atoms with van der Waals surface area (Å²) in [5, 5.41) is 0. The van der Waals surface area contributed by atoms with Crippen molar-refractivity contribution < 1.29 is 0 Å². The van der Waals surface area contributed by atoms with E-state index in [-0.39, 0.29) is 6.17 Å². The van der Waals surface area contributed by atoms with Crippen LogP contribution >= 0.6 is 15.9 Å². The van der Waals surface area contributed by atoms with Crippen molar-refractivity contribution in [1.29, 1.82) is 0 Å². The summed E-state index contributed by atoms with van der Waals surface area (Å²) in [7, 11) is 3.98. The van der Waals surface area contributed by atoms with E-state index < -0.39 is 0 Å². The number of rotatable bonds is 5.